The zero-order chi connectivity index (χ0) is 23.2. The van der Waals surface area contributed by atoms with Gasteiger partial charge in [0.2, 0.25) is 5.91 Å². The van der Waals surface area contributed by atoms with Gasteiger partial charge in [-0.05, 0) is 54.1 Å². The third-order valence-corrected chi connectivity index (χ3v) is 5.79. The molecule has 0 spiro atoms. The lowest BCUT2D eigenvalue weighted by Crippen LogP contribution is -2.49. The maximum atomic E-state index is 12.7. The van der Waals surface area contributed by atoms with Gasteiger partial charge < -0.3 is 19.9 Å². The van der Waals surface area contributed by atoms with Crippen LogP contribution >= 0.6 is 11.6 Å². The summed E-state index contributed by atoms with van der Waals surface area (Å²) in [5.74, 6) is 1.48. The smallest absolute Gasteiger partial charge is 0.253 e. The molecule has 4 rings (SSSR count). The lowest BCUT2D eigenvalue weighted by atomic mass is 10.1. The van der Waals surface area contributed by atoms with Crippen LogP contribution in [0, 0.1) is 0 Å². The second kappa shape index (κ2) is 10.4. The van der Waals surface area contributed by atoms with Gasteiger partial charge >= 0.3 is 0 Å². The van der Waals surface area contributed by atoms with E-state index in [0.717, 1.165) is 17.1 Å². The predicted octanol–water partition coefficient (Wildman–Crippen LogP) is 3.89. The molecular weight excluding hydrogens is 440 g/mol. The SMILES string of the molecule is COc1ccc(CC(=O)Nc2ccc(N3CCN(C(=O)c4ccc(Cl)cc4)CC3)nc2)cc1. The predicted molar refractivity (Wildman–Crippen MR) is 129 cm³/mol. The number of methoxy groups -OCH3 is 1. The Bertz CT molecular complexity index is 1090. The van der Waals surface area contributed by atoms with Crippen LogP contribution < -0.4 is 15.0 Å². The molecule has 1 saturated heterocycles. The Hall–Kier alpha value is -3.58. The van der Waals surface area contributed by atoms with Crippen LogP contribution in [0.15, 0.2) is 66.9 Å². The van der Waals surface area contributed by atoms with Gasteiger partial charge in [0.15, 0.2) is 0 Å². The first-order valence-corrected chi connectivity index (χ1v) is 11.1. The molecule has 7 nitrogen and oxygen atoms in total. The number of hydrogen-bond donors (Lipinski definition) is 1. The molecule has 170 valence electrons. The number of aromatic nitrogens is 1. The summed E-state index contributed by atoms with van der Waals surface area (Å²) >= 11 is 5.91. The van der Waals surface area contributed by atoms with Gasteiger partial charge in [-0.3, -0.25) is 9.59 Å². The molecular formula is C25H25ClN4O3. The summed E-state index contributed by atoms with van der Waals surface area (Å²) < 4.78 is 5.14. The van der Waals surface area contributed by atoms with E-state index in [2.05, 4.69) is 15.2 Å². The second-order valence-electron chi connectivity index (χ2n) is 7.76. The quantitative estimate of drug-likeness (QED) is 0.599. The number of hydrogen-bond acceptors (Lipinski definition) is 5. The summed E-state index contributed by atoms with van der Waals surface area (Å²) in [6.07, 6.45) is 1.93. The topological polar surface area (TPSA) is 74.8 Å². The molecule has 1 aromatic heterocycles. The summed E-state index contributed by atoms with van der Waals surface area (Å²) in [6, 6.07) is 18.1. The first-order valence-electron chi connectivity index (χ1n) is 10.7. The number of rotatable bonds is 6. The Kier molecular flexibility index (Phi) is 7.10. The van der Waals surface area contributed by atoms with E-state index in [9.17, 15) is 9.59 Å². The molecule has 2 amide bonds. The third-order valence-electron chi connectivity index (χ3n) is 5.54. The molecule has 1 fully saturated rings. The average Bonchev–Trinajstić information content (AvgIpc) is 2.85. The molecule has 0 bridgehead atoms. The van der Waals surface area contributed by atoms with Crippen LogP contribution in [0.25, 0.3) is 0 Å². The van der Waals surface area contributed by atoms with Gasteiger partial charge in [0.05, 0.1) is 25.4 Å². The molecule has 33 heavy (non-hydrogen) atoms. The summed E-state index contributed by atoms with van der Waals surface area (Å²) in [6.45, 7) is 2.61. The summed E-state index contributed by atoms with van der Waals surface area (Å²) in [5.41, 5.74) is 2.19. The molecule has 8 heteroatoms. The summed E-state index contributed by atoms with van der Waals surface area (Å²) in [5, 5.41) is 3.49. The third kappa shape index (κ3) is 5.81. The highest BCUT2D eigenvalue weighted by Gasteiger charge is 2.22. The lowest BCUT2D eigenvalue weighted by molar-refractivity contribution is -0.115. The fourth-order valence-corrected chi connectivity index (χ4v) is 3.82. The van der Waals surface area contributed by atoms with Gasteiger partial charge in [-0.25, -0.2) is 4.98 Å². The van der Waals surface area contributed by atoms with Crippen LogP contribution in [0.3, 0.4) is 0 Å². The van der Waals surface area contributed by atoms with Gasteiger partial charge in [0.1, 0.15) is 11.6 Å². The number of anilines is 2. The van der Waals surface area contributed by atoms with E-state index in [1.165, 1.54) is 0 Å². The molecule has 3 aromatic rings. The Labute approximate surface area is 197 Å². The number of ether oxygens (including phenoxy) is 1. The fraction of sp³-hybridized carbons (Fsp3) is 0.240. The number of nitrogens with zero attached hydrogens (tertiary/aromatic N) is 3. The average molecular weight is 465 g/mol. The van der Waals surface area contributed by atoms with Crippen molar-refractivity contribution < 1.29 is 14.3 Å². The number of amides is 2. The Morgan fingerprint density at radius 3 is 2.27 bits per heavy atom. The van der Waals surface area contributed by atoms with Crippen LogP contribution in [0.2, 0.25) is 5.02 Å². The molecule has 1 aliphatic heterocycles. The standard InChI is InChI=1S/C25H25ClN4O3/c1-33-22-9-2-18(3-10-22)16-24(31)28-21-8-11-23(27-17-21)29-12-14-30(15-13-29)25(32)19-4-6-20(26)7-5-19/h2-11,17H,12-16H2,1H3,(H,28,31). The maximum absolute atomic E-state index is 12.7. The van der Waals surface area contributed by atoms with Crippen LogP contribution in [-0.4, -0.2) is 55.0 Å². The normalized spacial score (nSPS) is 13.5. The first kappa shape index (κ1) is 22.6. The molecule has 0 radical (unpaired) electrons. The van der Waals surface area contributed by atoms with E-state index >= 15 is 0 Å². The van der Waals surface area contributed by atoms with Crippen LogP contribution in [0.4, 0.5) is 11.5 Å². The van der Waals surface area contributed by atoms with Crippen molar-refractivity contribution in [1.82, 2.24) is 9.88 Å². The van der Waals surface area contributed by atoms with Gasteiger partial charge in [0, 0.05) is 36.8 Å². The van der Waals surface area contributed by atoms with E-state index in [4.69, 9.17) is 16.3 Å². The van der Waals surface area contributed by atoms with Crippen molar-refractivity contribution in [2.24, 2.45) is 0 Å². The highest BCUT2D eigenvalue weighted by molar-refractivity contribution is 6.30. The monoisotopic (exact) mass is 464 g/mol. The van der Waals surface area contributed by atoms with Crippen LogP contribution in [-0.2, 0) is 11.2 Å². The van der Waals surface area contributed by atoms with Crippen molar-refractivity contribution >= 4 is 34.9 Å². The number of halogens is 1. The van der Waals surface area contributed by atoms with Crippen molar-refractivity contribution in [2.75, 3.05) is 43.5 Å². The van der Waals surface area contributed by atoms with E-state index in [-0.39, 0.29) is 18.2 Å². The largest absolute Gasteiger partial charge is 0.497 e. The highest BCUT2D eigenvalue weighted by atomic mass is 35.5. The van der Waals surface area contributed by atoms with Crippen molar-refractivity contribution in [3.63, 3.8) is 0 Å². The van der Waals surface area contributed by atoms with Crippen molar-refractivity contribution in [3.05, 3.63) is 83.0 Å². The van der Waals surface area contributed by atoms with Crippen molar-refractivity contribution in [3.8, 4) is 5.75 Å². The number of benzene rings is 2. The lowest BCUT2D eigenvalue weighted by Gasteiger charge is -2.35. The maximum Gasteiger partial charge on any atom is 0.253 e. The number of piperazine rings is 1. The van der Waals surface area contributed by atoms with E-state index in [0.29, 0.717) is 42.5 Å². The highest BCUT2D eigenvalue weighted by Crippen LogP contribution is 2.19. The minimum Gasteiger partial charge on any atom is -0.497 e. The minimum atomic E-state index is -0.107. The summed E-state index contributed by atoms with van der Waals surface area (Å²) in [7, 11) is 1.61. The molecule has 0 unspecified atom stereocenters. The second-order valence-corrected chi connectivity index (χ2v) is 8.20. The molecule has 0 atom stereocenters. The van der Waals surface area contributed by atoms with Crippen molar-refractivity contribution in [2.45, 2.75) is 6.42 Å². The summed E-state index contributed by atoms with van der Waals surface area (Å²) in [4.78, 5) is 33.5. The zero-order valence-corrected chi connectivity index (χ0v) is 19.1. The molecule has 0 saturated carbocycles. The van der Waals surface area contributed by atoms with Gasteiger partial charge in [-0.2, -0.15) is 0 Å². The molecule has 2 aromatic carbocycles. The molecule has 1 N–H and O–H groups in total. The number of pyridine rings is 1. The van der Waals surface area contributed by atoms with E-state index in [1.54, 1.807) is 37.6 Å². The molecule has 1 aliphatic rings. The number of nitrogens with one attached hydrogen (secondary N) is 1. The number of carbonyl (C=O) groups excluding carboxylic acids is 2. The Morgan fingerprint density at radius 1 is 0.970 bits per heavy atom. The first-order chi connectivity index (χ1) is 16.0. The van der Waals surface area contributed by atoms with E-state index in [1.807, 2.05) is 41.3 Å². The molecule has 2 heterocycles. The van der Waals surface area contributed by atoms with Crippen molar-refractivity contribution in [1.29, 1.82) is 0 Å². The Morgan fingerprint density at radius 2 is 1.67 bits per heavy atom. The van der Waals surface area contributed by atoms with Gasteiger partial charge in [0.25, 0.3) is 5.91 Å². The van der Waals surface area contributed by atoms with Gasteiger partial charge in [-0.15, -0.1) is 0 Å². The van der Waals surface area contributed by atoms with Crippen LogP contribution in [0.1, 0.15) is 15.9 Å². The van der Waals surface area contributed by atoms with E-state index < -0.39 is 0 Å². The molecule has 0 aliphatic carbocycles. The fourth-order valence-electron chi connectivity index (χ4n) is 3.69. The van der Waals surface area contributed by atoms with Crippen LogP contribution in [0.5, 0.6) is 5.75 Å². The minimum absolute atomic E-state index is 0.00851. The van der Waals surface area contributed by atoms with Gasteiger partial charge in [-0.1, -0.05) is 23.7 Å². The number of carbonyl (C=O) groups is 2. The Balaban J connectivity index is 1.28. The zero-order valence-electron chi connectivity index (χ0n) is 18.3.